The summed E-state index contributed by atoms with van der Waals surface area (Å²) in [6, 6.07) is 7.95. The first kappa shape index (κ1) is 10.8. The molecule has 0 aromatic heterocycles. The quantitative estimate of drug-likeness (QED) is 0.681. The Balaban J connectivity index is 2.37. The highest BCUT2D eigenvalue weighted by molar-refractivity contribution is 5.67. The predicted molar refractivity (Wildman–Crippen MR) is 62.6 cm³/mol. The maximum atomic E-state index is 10.8. The van der Waals surface area contributed by atoms with Crippen LogP contribution in [0.25, 0.3) is 0 Å². The smallest absolute Gasteiger partial charge is 0.405 e. The SMILES string of the molecule is C[C@H]1[C@H](C)Nc2ccccc2[C@@H]1NC(=O)O. The van der Waals surface area contributed by atoms with Gasteiger partial charge in [0.2, 0.25) is 0 Å². The minimum Gasteiger partial charge on any atom is -0.465 e. The molecule has 3 atom stereocenters. The number of fused-ring (bicyclic) bond motifs is 1. The molecule has 1 aliphatic heterocycles. The van der Waals surface area contributed by atoms with Crippen LogP contribution in [0.4, 0.5) is 10.5 Å². The number of benzene rings is 1. The van der Waals surface area contributed by atoms with E-state index >= 15 is 0 Å². The van der Waals surface area contributed by atoms with Gasteiger partial charge in [0, 0.05) is 17.6 Å². The Morgan fingerprint density at radius 3 is 2.75 bits per heavy atom. The zero-order valence-corrected chi connectivity index (χ0v) is 9.40. The van der Waals surface area contributed by atoms with E-state index in [0.29, 0.717) is 0 Å². The Labute approximate surface area is 94.7 Å². The molecule has 0 spiro atoms. The number of carbonyl (C=O) groups is 1. The second kappa shape index (κ2) is 4.04. The van der Waals surface area contributed by atoms with Crippen LogP contribution in [0.15, 0.2) is 24.3 Å². The zero-order chi connectivity index (χ0) is 11.7. The van der Waals surface area contributed by atoms with E-state index in [4.69, 9.17) is 5.11 Å². The number of hydrogen-bond donors (Lipinski definition) is 3. The van der Waals surface area contributed by atoms with E-state index in [9.17, 15) is 4.79 Å². The van der Waals surface area contributed by atoms with Crippen LogP contribution >= 0.6 is 0 Å². The van der Waals surface area contributed by atoms with E-state index in [0.717, 1.165) is 11.3 Å². The Bertz CT molecular complexity index is 406. The summed E-state index contributed by atoms with van der Waals surface area (Å²) >= 11 is 0. The van der Waals surface area contributed by atoms with E-state index < -0.39 is 6.09 Å². The third-order valence-electron chi connectivity index (χ3n) is 3.27. The molecular weight excluding hydrogens is 204 g/mol. The molecule has 4 nitrogen and oxygen atoms in total. The summed E-state index contributed by atoms with van der Waals surface area (Å²) in [7, 11) is 0. The largest absolute Gasteiger partial charge is 0.465 e. The zero-order valence-electron chi connectivity index (χ0n) is 9.40. The van der Waals surface area contributed by atoms with Gasteiger partial charge in [-0.3, -0.25) is 0 Å². The Morgan fingerprint density at radius 1 is 1.38 bits per heavy atom. The number of rotatable bonds is 1. The Morgan fingerprint density at radius 2 is 2.06 bits per heavy atom. The first-order chi connectivity index (χ1) is 7.59. The first-order valence-corrected chi connectivity index (χ1v) is 5.44. The monoisotopic (exact) mass is 220 g/mol. The van der Waals surface area contributed by atoms with Gasteiger partial charge < -0.3 is 15.7 Å². The van der Waals surface area contributed by atoms with Gasteiger partial charge in [0.1, 0.15) is 0 Å². The normalized spacial score (nSPS) is 27.8. The number of hydrogen-bond acceptors (Lipinski definition) is 2. The van der Waals surface area contributed by atoms with Gasteiger partial charge >= 0.3 is 6.09 Å². The van der Waals surface area contributed by atoms with Crippen LogP contribution in [-0.4, -0.2) is 17.2 Å². The highest BCUT2D eigenvalue weighted by Gasteiger charge is 2.31. The van der Waals surface area contributed by atoms with Crippen molar-refractivity contribution in [3.8, 4) is 0 Å². The molecule has 4 heteroatoms. The van der Waals surface area contributed by atoms with Crippen molar-refractivity contribution in [1.82, 2.24) is 5.32 Å². The highest BCUT2D eigenvalue weighted by Crippen LogP contribution is 2.36. The number of anilines is 1. The lowest BCUT2D eigenvalue weighted by atomic mass is 9.84. The lowest BCUT2D eigenvalue weighted by Gasteiger charge is -2.37. The van der Waals surface area contributed by atoms with Gasteiger partial charge in [-0.15, -0.1) is 0 Å². The predicted octanol–water partition coefficient (Wildman–Crippen LogP) is 2.45. The molecule has 3 N–H and O–H groups in total. The summed E-state index contributed by atoms with van der Waals surface area (Å²) in [6.07, 6.45) is -0.972. The van der Waals surface area contributed by atoms with Gasteiger partial charge in [-0.1, -0.05) is 25.1 Å². The van der Waals surface area contributed by atoms with Crippen LogP contribution in [0.3, 0.4) is 0 Å². The number of nitrogens with one attached hydrogen (secondary N) is 2. The first-order valence-electron chi connectivity index (χ1n) is 5.44. The molecule has 0 unspecified atom stereocenters. The van der Waals surface area contributed by atoms with Crippen LogP contribution in [0, 0.1) is 5.92 Å². The molecule has 0 fully saturated rings. The minimum absolute atomic E-state index is 0.134. The second-order valence-corrected chi connectivity index (χ2v) is 4.31. The fourth-order valence-corrected chi connectivity index (χ4v) is 2.19. The summed E-state index contributed by atoms with van der Waals surface area (Å²) in [6.45, 7) is 4.12. The minimum atomic E-state index is -0.972. The molecule has 86 valence electrons. The summed E-state index contributed by atoms with van der Waals surface area (Å²) in [5.41, 5.74) is 2.04. The van der Waals surface area contributed by atoms with Crippen LogP contribution in [0.5, 0.6) is 0 Å². The summed E-state index contributed by atoms with van der Waals surface area (Å²) < 4.78 is 0. The summed E-state index contributed by atoms with van der Waals surface area (Å²) in [5.74, 6) is 0.228. The van der Waals surface area contributed by atoms with Crippen molar-refractivity contribution >= 4 is 11.8 Å². The Hall–Kier alpha value is -1.71. The van der Waals surface area contributed by atoms with Gasteiger partial charge in [0.15, 0.2) is 0 Å². The van der Waals surface area contributed by atoms with Crippen molar-refractivity contribution in [2.45, 2.75) is 25.9 Å². The van der Waals surface area contributed by atoms with Gasteiger partial charge in [-0.2, -0.15) is 0 Å². The second-order valence-electron chi connectivity index (χ2n) is 4.31. The van der Waals surface area contributed by atoms with Crippen LogP contribution < -0.4 is 10.6 Å². The van der Waals surface area contributed by atoms with E-state index in [1.165, 1.54) is 0 Å². The molecule has 0 radical (unpaired) electrons. The van der Waals surface area contributed by atoms with Crippen molar-refractivity contribution < 1.29 is 9.90 Å². The standard InChI is InChI=1S/C12H16N2O2/c1-7-8(2)13-10-6-4-3-5-9(10)11(7)14-12(15)16/h3-8,11,13-14H,1-2H3,(H,15,16)/t7-,8-,11+/m0/s1. The van der Waals surface area contributed by atoms with Crippen molar-refractivity contribution in [3.05, 3.63) is 29.8 Å². The van der Waals surface area contributed by atoms with Gasteiger partial charge in [-0.05, 0) is 18.6 Å². The number of para-hydroxylation sites is 1. The molecule has 1 aromatic rings. The van der Waals surface area contributed by atoms with E-state index in [1.54, 1.807) is 0 Å². The number of carboxylic acid groups (broad SMARTS) is 1. The van der Waals surface area contributed by atoms with Crippen LogP contribution in [-0.2, 0) is 0 Å². The number of amides is 1. The molecule has 0 saturated heterocycles. The van der Waals surface area contributed by atoms with E-state index in [-0.39, 0.29) is 18.0 Å². The third-order valence-corrected chi connectivity index (χ3v) is 3.27. The molecule has 0 aliphatic carbocycles. The fourth-order valence-electron chi connectivity index (χ4n) is 2.19. The van der Waals surface area contributed by atoms with Crippen LogP contribution in [0.1, 0.15) is 25.5 Å². The maximum absolute atomic E-state index is 10.8. The van der Waals surface area contributed by atoms with Gasteiger partial charge in [0.25, 0.3) is 0 Å². The van der Waals surface area contributed by atoms with Crippen molar-refractivity contribution in [1.29, 1.82) is 0 Å². The topological polar surface area (TPSA) is 61.4 Å². The summed E-state index contributed by atoms with van der Waals surface area (Å²) in [4.78, 5) is 10.8. The van der Waals surface area contributed by atoms with Gasteiger partial charge in [-0.25, -0.2) is 4.79 Å². The molecule has 1 heterocycles. The van der Waals surface area contributed by atoms with Crippen molar-refractivity contribution in [2.24, 2.45) is 5.92 Å². The molecule has 1 aliphatic rings. The summed E-state index contributed by atoms with van der Waals surface area (Å²) in [5, 5.41) is 14.8. The average molecular weight is 220 g/mol. The van der Waals surface area contributed by atoms with Crippen molar-refractivity contribution in [3.63, 3.8) is 0 Å². The average Bonchev–Trinajstić information content (AvgIpc) is 2.24. The van der Waals surface area contributed by atoms with Crippen LogP contribution in [0.2, 0.25) is 0 Å². The molecule has 1 aromatic carbocycles. The lowest BCUT2D eigenvalue weighted by molar-refractivity contribution is 0.183. The molecular formula is C12H16N2O2. The lowest BCUT2D eigenvalue weighted by Crippen LogP contribution is -2.42. The molecule has 0 saturated carbocycles. The molecule has 16 heavy (non-hydrogen) atoms. The maximum Gasteiger partial charge on any atom is 0.405 e. The fraction of sp³-hybridized carbons (Fsp3) is 0.417. The van der Waals surface area contributed by atoms with E-state index in [1.807, 2.05) is 31.2 Å². The Kier molecular flexibility index (Phi) is 2.73. The molecule has 1 amide bonds. The highest BCUT2D eigenvalue weighted by atomic mass is 16.4. The third kappa shape index (κ3) is 1.83. The molecule has 2 rings (SSSR count). The van der Waals surface area contributed by atoms with Crippen molar-refractivity contribution in [2.75, 3.05) is 5.32 Å². The van der Waals surface area contributed by atoms with Gasteiger partial charge in [0.05, 0.1) is 6.04 Å². The van der Waals surface area contributed by atoms with E-state index in [2.05, 4.69) is 17.6 Å². The molecule has 0 bridgehead atoms.